The van der Waals surface area contributed by atoms with Crippen LogP contribution in [-0.2, 0) is 0 Å². The number of nitrogens with zero attached hydrogens (tertiary/aromatic N) is 1. The van der Waals surface area contributed by atoms with Crippen molar-refractivity contribution in [3.63, 3.8) is 0 Å². The van der Waals surface area contributed by atoms with Gasteiger partial charge in [0.15, 0.2) is 0 Å². The monoisotopic (exact) mass is 234 g/mol. The molecule has 0 aromatic carbocycles. The fourth-order valence-electron chi connectivity index (χ4n) is 3.14. The number of quaternary nitrogens is 1. The van der Waals surface area contributed by atoms with E-state index in [1.807, 2.05) is 0 Å². The van der Waals surface area contributed by atoms with Crippen LogP contribution in [0.5, 0.6) is 0 Å². The maximum atomic E-state index is 9.65. The molecule has 0 radical (unpaired) electrons. The summed E-state index contributed by atoms with van der Waals surface area (Å²) in [6.07, 6.45) is 2.19. The topological polar surface area (TPSA) is 20.2 Å². The van der Waals surface area contributed by atoms with Gasteiger partial charge in [0.2, 0.25) is 0 Å². The Hall–Kier alpha value is 0.210. The van der Waals surface area contributed by atoms with Gasteiger partial charge in [-0.25, -0.2) is 0 Å². The largest absolute Gasteiger partial charge is 0.386 e. The molecule has 2 nitrogen and oxygen atoms in total. The molecule has 0 aliphatic carbocycles. The summed E-state index contributed by atoms with van der Waals surface area (Å²) in [7, 11) is 2.26. The van der Waals surface area contributed by atoms with Gasteiger partial charge < -0.3 is 9.59 Å². The van der Waals surface area contributed by atoms with Crippen LogP contribution in [0.2, 0.25) is 0 Å². The number of halogens is 1. The van der Waals surface area contributed by atoms with Crippen LogP contribution < -0.4 is 0 Å². The van der Waals surface area contributed by atoms with E-state index in [9.17, 15) is 5.11 Å². The number of hydrogen-bond acceptors (Lipinski definition) is 1. The van der Waals surface area contributed by atoms with Crippen LogP contribution in [0.3, 0.4) is 0 Å². The van der Waals surface area contributed by atoms with Gasteiger partial charge in [-0.05, 0) is 12.8 Å². The number of alkyl halides is 1. The van der Waals surface area contributed by atoms with Gasteiger partial charge in [-0.15, -0.1) is 11.6 Å². The van der Waals surface area contributed by atoms with E-state index in [0.717, 1.165) is 22.9 Å². The smallest absolute Gasteiger partial charge is 0.116 e. The maximum Gasteiger partial charge on any atom is 0.116 e. The molecular formula is C12H25ClNO+. The summed E-state index contributed by atoms with van der Waals surface area (Å²) >= 11 is 5.67. The predicted octanol–water partition coefficient (Wildman–Crippen LogP) is 2.10. The zero-order chi connectivity index (χ0) is 11.5. The van der Waals surface area contributed by atoms with Gasteiger partial charge in [0.05, 0.1) is 26.0 Å². The summed E-state index contributed by atoms with van der Waals surface area (Å²) in [4.78, 5) is 0. The fourth-order valence-corrected chi connectivity index (χ4v) is 3.23. The molecule has 1 N–H and O–H groups in total. The number of hydrogen-bond donors (Lipinski definition) is 1. The normalized spacial score (nSPS) is 38.2. The second-order valence-electron chi connectivity index (χ2n) is 5.31. The minimum absolute atomic E-state index is 0.343. The molecule has 1 rings (SSSR count). The van der Waals surface area contributed by atoms with E-state index < -0.39 is 0 Å². The number of rotatable bonds is 5. The summed E-state index contributed by atoms with van der Waals surface area (Å²) in [5, 5.41) is 9.65. The van der Waals surface area contributed by atoms with Gasteiger partial charge in [-0.1, -0.05) is 13.8 Å². The average molecular weight is 235 g/mol. The van der Waals surface area contributed by atoms with E-state index in [0.29, 0.717) is 5.88 Å². The zero-order valence-corrected chi connectivity index (χ0v) is 11.0. The number of likely N-dealkylation sites (N-methyl/N-ethyl adjacent to an activating group) is 1. The van der Waals surface area contributed by atoms with Gasteiger partial charge in [0.1, 0.15) is 12.6 Å². The highest BCUT2D eigenvalue weighted by molar-refractivity contribution is 6.18. The highest BCUT2D eigenvalue weighted by Gasteiger charge is 2.41. The minimum Gasteiger partial charge on any atom is -0.386 e. The predicted molar refractivity (Wildman–Crippen MR) is 65.1 cm³/mol. The highest BCUT2D eigenvalue weighted by Crippen LogP contribution is 2.32. The van der Waals surface area contributed by atoms with Crippen molar-refractivity contribution in [2.75, 3.05) is 32.6 Å². The van der Waals surface area contributed by atoms with Crippen molar-refractivity contribution in [1.29, 1.82) is 0 Å². The molecule has 90 valence electrons. The average Bonchev–Trinajstić information content (AvgIpc) is 2.54. The first-order valence-corrected chi connectivity index (χ1v) is 6.65. The molecule has 0 aromatic heterocycles. The van der Waals surface area contributed by atoms with E-state index >= 15 is 0 Å². The Morgan fingerprint density at radius 3 is 2.07 bits per heavy atom. The van der Waals surface area contributed by atoms with Crippen LogP contribution in [0.15, 0.2) is 0 Å². The van der Waals surface area contributed by atoms with Crippen LogP contribution in [0, 0.1) is 11.8 Å². The fraction of sp³-hybridized carbons (Fsp3) is 1.00. The molecule has 0 spiro atoms. The third kappa shape index (κ3) is 3.33. The third-order valence-corrected chi connectivity index (χ3v) is 4.25. The third-order valence-electron chi connectivity index (χ3n) is 3.90. The van der Waals surface area contributed by atoms with Crippen molar-refractivity contribution in [1.82, 2.24) is 0 Å². The van der Waals surface area contributed by atoms with E-state index in [-0.39, 0.29) is 6.10 Å². The Kier molecular flexibility index (Phi) is 4.88. The van der Waals surface area contributed by atoms with E-state index in [1.165, 1.54) is 25.9 Å². The van der Waals surface area contributed by atoms with Gasteiger partial charge in [-0.2, -0.15) is 0 Å². The molecule has 1 saturated heterocycles. The first kappa shape index (κ1) is 13.3. The first-order chi connectivity index (χ1) is 7.04. The van der Waals surface area contributed by atoms with Crippen molar-refractivity contribution >= 4 is 11.6 Å². The molecule has 1 heterocycles. The number of aliphatic hydroxyl groups is 1. The Morgan fingerprint density at radius 2 is 1.73 bits per heavy atom. The number of likely N-dealkylation sites (tertiary alicyclic amines) is 1. The molecular weight excluding hydrogens is 210 g/mol. The molecule has 0 amide bonds. The first-order valence-electron chi connectivity index (χ1n) is 6.12. The molecule has 3 heteroatoms. The molecule has 1 aliphatic heterocycles. The van der Waals surface area contributed by atoms with Gasteiger partial charge in [0, 0.05) is 11.8 Å². The van der Waals surface area contributed by atoms with E-state index in [4.69, 9.17) is 11.6 Å². The second kappa shape index (κ2) is 5.51. The quantitative estimate of drug-likeness (QED) is 0.571. The van der Waals surface area contributed by atoms with Crippen LogP contribution in [0.1, 0.15) is 26.7 Å². The van der Waals surface area contributed by atoms with Crippen molar-refractivity contribution in [3.05, 3.63) is 0 Å². The summed E-state index contributed by atoms with van der Waals surface area (Å²) in [5.74, 6) is 2.03. The molecule has 0 saturated carbocycles. The van der Waals surface area contributed by atoms with Crippen molar-refractivity contribution < 1.29 is 9.59 Å². The molecule has 15 heavy (non-hydrogen) atoms. The Bertz CT molecular complexity index is 186. The molecule has 0 aromatic rings. The Labute approximate surface area is 98.8 Å². The summed E-state index contributed by atoms with van der Waals surface area (Å²) in [6.45, 7) is 7.80. The van der Waals surface area contributed by atoms with Gasteiger partial charge >= 0.3 is 0 Å². The van der Waals surface area contributed by atoms with Crippen LogP contribution in [0.25, 0.3) is 0 Å². The van der Waals surface area contributed by atoms with E-state index in [2.05, 4.69) is 20.9 Å². The lowest BCUT2D eigenvalue weighted by molar-refractivity contribution is -0.903. The van der Waals surface area contributed by atoms with Crippen molar-refractivity contribution in [3.8, 4) is 0 Å². The van der Waals surface area contributed by atoms with Crippen LogP contribution >= 0.6 is 11.6 Å². The summed E-state index contributed by atoms with van der Waals surface area (Å²) < 4.78 is 1.00. The molecule has 0 bridgehead atoms. The van der Waals surface area contributed by atoms with Gasteiger partial charge in [0.25, 0.3) is 0 Å². The lowest BCUT2D eigenvalue weighted by Gasteiger charge is -2.31. The lowest BCUT2D eigenvalue weighted by atomic mass is 9.92. The number of aliphatic hydroxyl groups excluding tert-OH is 1. The molecule has 1 aliphatic rings. The molecule has 3 atom stereocenters. The summed E-state index contributed by atoms with van der Waals surface area (Å²) in [6, 6.07) is 0. The zero-order valence-electron chi connectivity index (χ0n) is 10.2. The van der Waals surface area contributed by atoms with Crippen molar-refractivity contribution in [2.45, 2.75) is 32.8 Å². The molecule has 1 fully saturated rings. The van der Waals surface area contributed by atoms with Gasteiger partial charge in [-0.3, -0.25) is 0 Å². The maximum absolute atomic E-state index is 9.65. The Balaban J connectivity index is 2.56. The highest BCUT2D eigenvalue weighted by atomic mass is 35.5. The Morgan fingerprint density at radius 1 is 1.27 bits per heavy atom. The van der Waals surface area contributed by atoms with E-state index in [1.54, 1.807) is 0 Å². The van der Waals surface area contributed by atoms with Crippen molar-refractivity contribution in [2.24, 2.45) is 11.8 Å². The lowest BCUT2D eigenvalue weighted by Crippen LogP contribution is -2.47. The summed E-state index contributed by atoms with van der Waals surface area (Å²) in [5.41, 5.74) is 0. The SMILES string of the molecule is CCC1C[N+](C)(CC(O)CCl)CC1CC. The molecule has 3 unspecified atom stereocenters. The minimum atomic E-state index is -0.343. The van der Waals surface area contributed by atoms with Crippen LogP contribution in [-0.4, -0.2) is 48.3 Å². The standard InChI is InChI=1S/C12H25ClNO/c1-4-10-7-14(3,8-11(10)5-2)9-12(15)6-13/h10-12,15H,4-9H2,1-3H3/q+1. The second-order valence-corrected chi connectivity index (χ2v) is 5.62. The van der Waals surface area contributed by atoms with Crippen LogP contribution in [0.4, 0.5) is 0 Å².